The van der Waals surface area contributed by atoms with Crippen LogP contribution in [0.25, 0.3) is 0 Å². The van der Waals surface area contributed by atoms with E-state index in [-0.39, 0.29) is 5.91 Å². The summed E-state index contributed by atoms with van der Waals surface area (Å²) in [6, 6.07) is 9.61. The zero-order chi connectivity index (χ0) is 14.3. The van der Waals surface area contributed by atoms with Crippen LogP contribution in [0.4, 0.5) is 5.82 Å². The molecule has 1 atom stereocenters. The van der Waals surface area contributed by atoms with Crippen molar-refractivity contribution in [2.24, 2.45) is 0 Å². The Balaban J connectivity index is 2.05. The molecule has 1 aliphatic rings. The van der Waals surface area contributed by atoms with Gasteiger partial charge in [-0.2, -0.15) is 0 Å². The normalized spacial score (nSPS) is 17.6. The minimum Gasteiger partial charge on any atom is -0.472 e. The second kappa shape index (κ2) is 4.90. The van der Waals surface area contributed by atoms with Gasteiger partial charge in [-0.15, -0.1) is 0 Å². The zero-order valence-electron chi connectivity index (χ0n) is 11.1. The molecule has 1 amide bonds. The van der Waals surface area contributed by atoms with E-state index >= 15 is 0 Å². The molecule has 1 aliphatic heterocycles. The molecule has 1 aromatic carbocycles. The highest BCUT2D eigenvalue weighted by Crippen LogP contribution is 2.37. The van der Waals surface area contributed by atoms with Gasteiger partial charge in [-0.3, -0.25) is 9.69 Å². The summed E-state index contributed by atoms with van der Waals surface area (Å²) in [4.78, 5) is 18.2. The molecule has 0 fully saturated rings. The van der Waals surface area contributed by atoms with Crippen molar-refractivity contribution in [3.05, 3.63) is 52.1 Å². The lowest BCUT2D eigenvalue weighted by Gasteiger charge is -2.31. The van der Waals surface area contributed by atoms with Gasteiger partial charge in [0, 0.05) is 23.3 Å². The number of benzene rings is 1. The second-order valence-corrected chi connectivity index (χ2v) is 5.70. The van der Waals surface area contributed by atoms with Crippen molar-refractivity contribution in [2.75, 3.05) is 11.9 Å². The Labute approximate surface area is 125 Å². The van der Waals surface area contributed by atoms with Gasteiger partial charge < -0.3 is 4.74 Å². The van der Waals surface area contributed by atoms with E-state index in [1.807, 2.05) is 37.3 Å². The first-order valence-electron chi connectivity index (χ1n) is 6.22. The number of carbonyl (C=O) groups excluding carboxylic acids is 1. The zero-order valence-corrected chi connectivity index (χ0v) is 12.7. The second-order valence-electron chi connectivity index (χ2n) is 4.78. The number of carbonyl (C=O) groups is 1. The summed E-state index contributed by atoms with van der Waals surface area (Å²) < 4.78 is 6.67. The lowest BCUT2D eigenvalue weighted by atomic mass is 10.0. The lowest BCUT2D eigenvalue weighted by Crippen LogP contribution is -2.39. The number of nitrogens with zero attached hydrogens (tertiary/aromatic N) is 2. The fourth-order valence-electron chi connectivity index (χ4n) is 2.25. The van der Waals surface area contributed by atoms with E-state index in [1.54, 1.807) is 13.2 Å². The third-order valence-corrected chi connectivity index (χ3v) is 3.70. The van der Waals surface area contributed by atoms with E-state index in [0.717, 1.165) is 15.6 Å². The summed E-state index contributed by atoms with van der Waals surface area (Å²) in [5.74, 6) is 1.04. The molecule has 0 radical (unpaired) electrons. The lowest BCUT2D eigenvalue weighted by molar-refractivity contribution is -0.126. The smallest absolute Gasteiger partial charge is 0.273 e. The number of hydrogen-bond acceptors (Lipinski definition) is 3. The van der Waals surface area contributed by atoms with Crippen LogP contribution in [0.5, 0.6) is 5.75 Å². The molecule has 102 valence electrons. The molecular formula is C15H13BrN2O2. The van der Waals surface area contributed by atoms with Crippen molar-refractivity contribution in [3.63, 3.8) is 0 Å². The van der Waals surface area contributed by atoms with Crippen LogP contribution in [-0.2, 0) is 4.79 Å². The minimum absolute atomic E-state index is 0.113. The molecule has 0 bridgehead atoms. The van der Waals surface area contributed by atoms with E-state index in [0.29, 0.717) is 11.6 Å². The van der Waals surface area contributed by atoms with Crippen molar-refractivity contribution in [1.29, 1.82) is 0 Å². The topological polar surface area (TPSA) is 42.4 Å². The monoisotopic (exact) mass is 332 g/mol. The van der Waals surface area contributed by atoms with Crippen LogP contribution in [0.2, 0.25) is 0 Å². The van der Waals surface area contributed by atoms with Crippen LogP contribution < -0.4 is 9.64 Å². The fraction of sp³-hybridized carbons (Fsp3) is 0.200. The van der Waals surface area contributed by atoms with E-state index in [1.165, 1.54) is 4.90 Å². The first-order chi connectivity index (χ1) is 9.56. The third-order valence-electron chi connectivity index (χ3n) is 3.26. The Hall–Kier alpha value is -1.88. The average Bonchev–Trinajstić information content (AvgIpc) is 2.42. The maximum Gasteiger partial charge on any atom is 0.273 e. The highest BCUT2D eigenvalue weighted by atomic mass is 79.9. The Morgan fingerprint density at radius 3 is 2.90 bits per heavy atom. The Morgan fingerprint density at radius 1 is 1.35 bits per heavy atom. The predicted octanol–water partition coefficient (Wildman–Crippen LogP) is 3.25. The van der Waals surface area contributed by atoms with E-state index in [4.69, 9.17) is 4.74 Å². The van der Waals surface area contributed by atoms with E-state index in [9.17, 15) is 4.79 Å². The summed E-state index contributed by atoms with van der Waals surface area (Å²) in [5, 5.41) is 0. The van der Waals surface area contributed by atoms with Crippen molar-refractivity contribution in [3.8, 4) is 5.75 Å². The van der Waals surface area contributed by atoms with Gasteiger partial charge in [0.25, 0.3) is 5.91 Å². The molecule has 20 heavy (non-hydrogen) atoms. The van der Waals surface area contributed by atoms with E-state index in [2.05, 4.69) is 20.9 Å². The molecule has 0 saturated carbocycles. The van der Waals surface area contributed by atoms with Gasteiger partial charge in [0.1, 0.15) is 0 Å². The number of hydrogen-bond donors (Lipinski definition) is 0. The number of anilines is 1. The number of aromatic nitrogens is 1. The van der Waals surface area contributed by atoms with Crippen LogP contribution in [-0.4, -0.2) is 17.9 Å². The summed E-state index contributed by atoms with van der Waals surface area (Å²) in [7, 11) is 1.72. The summed E-state index contributed by atoms with van der Waals surface area (Å²) in [5.41, 5.74) is 1.95. The molecule has 4 nitrogen and oxygen atoms in total. The van der Waals surface area contributed by atoms with Gasteiger partial charge in [0.15, 0.2) is 11.6 Å². The Kier molecular flexibility index (Phi) is 3.22. The van der Waals surface area contributed by atoms with Crippen LogP contribution in [0.3, 0.4) is 0 Å². The molecule has 5 heteroatoms. The summed E-state index contributed by atoms with van der Waals surface area (Å²) >= 11 is 3.37. The molecule has 2 heterocycles. The summed E-state index contributed by atoms with van der Waals surface area (Å²) in [6.45, 7) is 1.99. The van der Waals surface area contributed by atoms with Crippen molar-refractivity contribution < 1.29 is 9.53 Å². The van der Waals surface area contributed by atoms with Gasteiger partial charge in [-0.1, -0.05) is 29.8 Å². The van der Waals surface area contributed by atoms with Gasteiger partial charge in [0.05, 0.1) is 0 Å². The van der Waals surface area contributed by atoms with E-state index < -0.39 is 6.10 Å². The third kappa shape index (κ3) is 2.18. The first kappa shape index (κ1) is 13.1. The Bertz CT molecular complexity index is 687. The average molecular weight is 333 g/mol. The van der Waals surface area contributed by atoms with Crippen LogP contribution >= 0.6 is 15.9 Å². The van der Waals surface area contributed by atoms with Crippen LogP contribution in [0.15, 0.2) is 41.0 Å². The highest BCUT2D eigenvalue weighted by Gasteiger charge is 2.34. The van der Waals surface area contributed by atoms with Crippen molar-refractivity contribution >= 4 is 27.7 Å². The number of rotatable bonds is 1. The molecule has 3 rings (SSSR count). The standard InChI is InChI=1S/C15H13BrN2O2/c1-9-4-3-5-10(6-9)13-15(19)18(2)14-12(20-13)7-11(16)8-17-14/h3-8,13H,1-2H3. The molecule has 1 aromatic heterocycles. The van der Waals surface area contributed by atoms with Crippen molar-refractivity contribution in [1.82, 2.24) is 4.98 Å². The number of amides is 1. The number of ether oxygens (including phenoxy) is 1. The molecule has 0 N–H and O–H groups in total. The number of fused-ring (bicyclic) bond motifs is 1. The molecule has 2 aromatic rings. The molecule has 0 aliphatic carbocycles. The molecule has 1 unspecified atom stereocenters. The number of aryl methyl sites for hydroxylation is 1. The van der Waals surface area contributed by atoms with Crippen LogP contribution in [0.1, 0.15) is 17.2 Å². The van der Waals surface area contributed by atoms with Crippen molar-refractivity contribution in [2.45, 2.75) is 13.0 Å². The fourth-order valence-corrected chi connectivity index (χ4v) is 2.56. The SMILES string of the molecule is Cc1cccc(C2Oc3cc(Br)cnc3N(C)C2=O)c1. The molecule has 0 spiro atoms. The van der Waals surface area contributed by atoms with Gasteiger partial charge in [-0.25, -0.2) is 4.98 Å². The van der Waals surface area contributed by atoms with Crippen LogP contribution in [0, 0.1) is 6.92 Å². The number of halogens is 1. The van der Waals surface area contributed by atoms with Gasteiger partial charge in [-0.05, 0) is 28.9 Å². The first-order valence-corrected chi connectivity index (χ1v) is 7.02. The quantitative estimate of drug-likeness (QED) is 0.805. The highest BCUT2D eigenvalue weighted by molar-refractivity contribution is 9.10. The van der Waals surface area contributed by atoms with Gasteiger partial charge in [0.2, 0.25) is 6.10 Å². The maximum absolute atomic E-state index is 12.4. The summed E-state index contributed by atoms with van der Waals surface area (Å²) in [6.07, 6.45) is 1.03. The largest absolute Gasteiger partial charge is 0.472 e. The molecule has 0 saturated heterocycles. The molecular weight excluding hydrogens is 320 g/mol. The predicted molar refractivity (Wildman–Crippen MR) is 79.9 cm³/mol. The number of likely N-dealkylation sites (N-methyl/N-ethyl adjacent to an activating group) is 1. The maximum atomic E-state index is 12.4. The minimum atomic E-state index is -0.622. The van der Waals surface area contributed by atoms with Gasteiger partial charge >= 0.3 is 0 Å². The number of pyridine rings is 1. The Morgan fingerprint density at radius 2 is 2.15 bits per heavy atom.